The fraction of sp³-hybridized carbons (Fsp3) is 0.250. The van der Waals surface area contributed by atoms with Crippen molar-refractivity contribution in [2.24, 2.45) is 0 Å². The fourth-order valence-electron chi connectivity index (χ4n) is 2.47. The molecule has 1 aliphatic heterocycles. The van der Waals surface area contributed by atoms with Crippen molar-refractivity contribution in [3.8, 4) is 0 Å². The van der Waals surface area contributed by atoms with Crippen LogP contribution < -0.4 is 15.1 Å². The lowest BCUT2D eigenvalue weighted by Crippen LogP contribution is -2.45. The Hall–Kier alpha value is -2.21. The van der Waals surface area contributed by atoms with E-state index in [2.05, 4.69) is 15.2 Å². The van der Waals surface area contributed by atoms with E-state index >= 15 is 0 Å². The molecular formula is C16H18N4OS. The van der Waals surface area contributed by atoms with E-state index < -0.39 is 0 Å². The average Bonchev–Trinajstić information content (AvgIpc) is 2.55. The first-order valence-electron chi connectivity index (χ1n) is 7.08. The summed E-state index contributed by atoms with van der Waals surface area (Å²) in [6, 6.07) is 11.5. The van der Waals surface area contributed by atoms with Crippen LogP contribution in [0.25, 0.3) is 0 Å². The van der Waals surface area contributed by atoms with Crippen molar-refractivity contribution >= 4 is 35.0 Å². The third kappa shape index (κ3) is 2.87. The lowest BCUT2D eigenvalue weighted by molar-refractivity contribution is 0.257. The standard InChI is InChI=1S/C16H18N4OS/c1-19-9-10-20(14-7-4-8-17-15(14)19)16(21)18-12-5-3-6-13(11-12)22-2/h3-8,11H,9-10H2,1-2H3,(H,18,21). The predicted octanol–water partition coefficient (Wildman–Crippen LogP) is 3.29. The average molecular weight is 314 g/mol. The molecule has 1 aliphatic rings. The molecule has 5 nitrogen and oxygen atoms in total. The molecule has 22 heavy (non-hydrogen) atoms. The Bertz CT molecular complexity index is 691. The third-order valence-electron chi connectivity index (χ3n) is 3.64. The number of carbonyl (C=O) groups is 1. The van der Waals surface area contributed by atoms with Gasteiger partial charge in [-0.05, 0) is 36.6 Å². The molecule has 0 bridgehead atoms. The fourth-order valence-corrected chi connectivity index (χ4v) is 2.93. The highest BCUT2D eigenvalue weighted by molar-refractivity contribution is 7.98. The molecule has 0 spiro atoms. The zero-order valence-electron chi connectivity index (χ0n) is 12.6. The molecule has 3 rings (SSSR count). The number of likely N-dealkylation sites (N-methyl/N-ethyl adjacent to an activating group) is 1. The van der Waals surface area contributed by atoms with E-state index in [1.54, 1.807) is 22.9 Å². The maximum absolute atomic E-state index is 12.6. The van der Waals surface area contributed by atoms with Crippen molar-refractivity contribution in [2.45, 2.75) is 4.90 Å². The third-order valence-corrected chi connectivity index (χ3v) is 4.37. The SMILES string of the molecule is CSc1cccc(NC(=O)N2CCN(C)c3ncccc32)c1. The zero-order chi connectivity index (χ0) is 15.5. The molecule has 2 amide bonds. The van der Waals surface area contributed by atoms with E-state index in [-0.39, 0.29) is 6.03 Å². The summed E-state index contributed by atoms with van der Waals surface area (Å²) in [5, 5.41) is 2.97. The van der Waals surface area contributed by atoms with E-state index in [4.69, 9.17) is 0 Å². The molecule has 1 aromatic carbocycles. The van der Waals surface area contributed by atoms with Crippen molar-refractivity contribution in [3.63, 3.8) is 0 Å². The quantitative estimate of drug-likeness (QED) is 0.864. The van der Waals surface area contributed by atoms with E-state index in [0.29, 0.717) is 6.54 Å². The Labute approximate surface area is 134 Å². The minimum absolute atomic E-state index is 0.124. The Morgan fingerprint density at radius 2 is 2.14 bits per heavy atom. The number of pyridine rings is 1. The van der Waals surface area contributed by atoms with E-state index in [0.717, 1.165) is 28.6 Å². The Kier molecular flexibility index (Phi) is 4.20. The van der Waals surface area contributed by atoms with Crippen LogP contribution in [0.3, 0.4) is 0 Å². The lowest BCUT2D eigenvalue weighted by atomic mass is 10.2. The summed E-state index contributed by atoms with van der Waals surface area (Å²) in [6.07, 6.45) is 3.77. The smallest absolute Gasteiger partial charge is 0.326 e. The summed E-state index contributed by atoms with van der Waals surface area (Å²) in [4.78, 5) is 21.9. The van der Waals surface area contributed by atoms with Crippen LogP contribution >= 0.6 is 11.8 Å². The molecular weight excluding hydrogens is 296 g/mol. The molecule has 0 radical (unpaired) electrons. The van der Waals surface area contributed by atoms with Gasteiger partial charge in [0.15, 0.2) is 5.82 Å². The van der Waals surface area contributed by atoms with Gasteiger partial charge in [0.2, 0.25) is 0 Å². The van der Waals surface area contributed by atoms with Crippen molar-refractivity contribution in [1.82, 2.24) is 4.98 Å². The number of benzene rings is 1. The summed E-state index contributed by atoms with van der Waals surface area (Å²) in [7, 11) is 1.99. The van der Waals surface area contributed by atoms with Gasteiger partial charge in [-0.25, -0.2) is 9.78 Å². The van der Waals surface area contributed by atoms with E-state index in [1.807, 2.05) is 49.7 Å². The number of anilines is 3. The number of nitrogens with one attached hydrogen (secondary N) is 1. The van der Waals surface area contributed by atoms with Gasteiger partial charge in [-0.15, -0.1) is 11.8 Å². The summed E-state index contributed by atoms with van der Waals surface area (Å²) in [5.41, 5.74) is 1.65. The van der Waals surface area contributed by atoms with Crippen LogP contribution in [-0.4, -0.2) is 37.4 Å². The first-order chi connectivity index (χ1) is 10.7. The van der Waals surface area contributed by atoms with Crippen LogP contribution in [0.1, 0.15) is 0 Å². The van der Waals surface area contributed by atoms with Crippen molar-refractivity contribution in [3.05, 3.63) is 42.6 Å². The van der Waals surface area contributed by atoms with Crippen LogP contribution in [0.2, 0.25) is 0 Å². The maximum atomic E-state index is 12.6. The van der Waals surface area contributed by atoms with Gasteiger partial charge in [-0.3, -0.25) is 4.90 Å². The molecule has 1 N–H and O–H groups in total. The number of hydrogen-bond donors (Lipinski definition) is 1. The highest BCUT2D eigenvalue weighted by Gasteiger charge is 2.25. The highest BCUT2D eigenvalue weighted by atomic mass is 32.2. The number of aromatic nitrogens is 1. The van der Waals surface area contributed by atoms with Gasteiger partial charge < -0.3 is 10.2 Å². The van der Waals surface area contributed by atoms with Gasteiger partial charge >= 0.3 is 6.03 Å². The number of nitrogens with zero attached hydrogens (tertiary/aromatic N) is 3. The van der Waals surface area contributed by atoms with Gasteiger partial charge in [0.25, 0.3) is 0 Å². The number of amides is 2. The highest BCUT2D eigenvalue weighted by Crippen LogP contribution is 2.30. The minimum Gasteiger partial charge on any atom is -0.356 e. The largest absolute Gasteiger partial charge is 0.356 e. The second-order valence-electron chi connectivity index (χ2n) is 5.08. The molecule has 0 saturated heterocycles. The molecule has 1 aromatic heterocycles. The molecule has 0 saturated carbocycles. The second-order valence-corrected chi connectivity index (χ2v) is 5.96. The molecule has 0 atom stereocenters. The van der Waals surface area contributed by atoms with Gasteiger partial charge in [0.05, 0.1) is 5.69 Å². The van der Waals surface area contributed by atoms with Gasteiger partial charge in [-0.2, -0.15) is 0 Å². The first-order valence-corrected chi connectivity index (χ1v) is 8.30. The summed E-state index contributed by atoms with van der Waals surface area (Å²) in [6.45, 7) is 1.41. The Balaban J connectivity index is 1.82. The van der Waals surface area contributed by atoms with Crippen LogP contribution in [0.4, 0.5) is 22.0 Å². The number of urea groups is 1. The number of thioether (sulfide) groups is 1. The lowest BCUT2D eigenvalue weighted by Gasteiger charge is -2.34. The van der Waals surface area contributed by atoms with Crippen LogP contribution in [0.15, 0.2) is 47.5 Å². The van der Waals surface area contributed by atoms with Crippen molar-refractivity contribution in [2.75, 3.05) is 41.5 Å². The number of carbonyl (C=O) groups excluding carboxylic acids is 1. The molecule has 0 unspecified atom stereocenters. The Morgan fingerprint density at radius 3 is 2.95 bits per heavy atom. The zero-order valence-corrected chi connectivity index (χ0v) is 13.4. The van der Waals surface area contributed by atoms with Crippen molar-refractivity contribution in [1.29, 1.82) is 0 Å². The summed E-state index contributed by atoms with van der Waals surface area (Å²) in [5.74, 6) is 0.835. The molecule has 2 heterocycles. The van der Waals surface area contributed by atoms with Crippen molar-refractivity contribution < 1.29 is 4.79 Å². The first kappa shape index (κ1) is 14.7. The minimum atomic E-state index is -0.124. The molecule has 0 aliphatic carbocycles. The van der Waals surface area contributed by atoms with Gasteiger partial charge in [0, 0.05) is 36.9 Å². The van der Waals surface area contributed by atoms with E-state index in [9.17, 15) is 4.79 Å². The maximum Gasteiger partial charge on any atom is 0.326 e. The van der Waals surface area contributed by atoms with Crippen LogP contribution in [-0.2, 0) is 0 Å². The number of fused-ring (bicyclic) bond motifs is 1. The Morgan fingerprint density at radius 1 is 1.27 bits per heavy atom. The topological polar surface area (TPSA) is 48.5 Å². The summed E-state index contributed by atoms with van der Waals surface area (Å²) >= 11 is 1.65. The van der Waals surface area contributed by atoms with Crippen LogP contribution in [0, 0.1) is 0 Å². The monoisotopic (exact) mass is 314 g/mol. The predicted molar refractivity (Wildman–Crippen MR) is 92.1 cm³/mol. The molecule has 114 valence electrons. The molecule has 2 aromatic rings. The van der Waals surface area contributed by atoms with Gasteiger partial charge in [-0.1, -0.05) is 6.07 Å². The molecule has 0 fully saturated rings. The van der Waals surface area contributed by atoms with Crippen LogP contribution in [0.5, 0.6) is 0 Å². The normalized spacial score (nSPS) is 13.7. The number of hydrogen-bond acceptors (Lipinski definition) is 4. The molecule has 6 heteroatoms. The van der Waals surface area contributed by atoms with E-state index in [1.165, 1.54) is 0 Å². The van der Waals surface area contributed by atoms with Gasteiger partial charge in [0.1, 0.15) is 0 Å². The second kappa shape index (κ2) is 6.27. The summed E-state index contributed by atoms with van der Waals surface area (Å²) < 4.78 is 0. The number of rotatable bonds is 2.